The van der Waals surface area contributed by atoms with Gasteiger partial charge in [-0.2, -0.15) is 0 Å². The van der Waals surface area contributed by atoms with Crippen molar-refractivity contribution in [3.63, 3.8) is 0 Å². The standard InChI is InChI=1S/C10H19NO2/c1-6-7(2)10(6,11)8(12)13-9(3,4)5/h6-7H,11H2,1-5H3/t6-,7?,10?/m1/s1. The van der Waals surface area contributed by atoms with Crippen LogP contribution in [0, 0.1) is 11.8 Å². The molecule has 76 valence electrons. The Labute approximate surface area is 79.6 Å². The average Bonchev–Trinajstić information content (AvgIpc) is 2.39. The summed E-state index contributed by atoms with van der Waals surface area (Å²) in [5.41, 5.74) is 4.74. The van der Waals surface area contributed by atoms with E-state index in [1.54, 1.807) is 0 Å². The maximum absolute atomic E-state index is 11.6. The lowest BCUT2D eigenvalue weighted by Gasteiger charge is -2.22. The Kier molecular flexibility index (Phi) is 2.19. The maximum Gasteiger partial charge on any atom is 0.327 e. The number of hydrogen-bond donors (Lipinski definition) is 1. The molecule has 1 fully saturated rings. The van der Waals surface area contributed by atoms with Gasteiger partial charge >= 0.3 is 5.97 Å². The average molecular weight is 185 g/mol. The first-order chi connectivity index (χ1) is 5.69. The molecule has 3 heteroatoms. The van der Waals surface area contributed by atoms with Crippen LogP contribution in [-0.4, -0.2) is 17.1 Å². The second-order valence-electron chi connectivity index (χ2n) is 5.01. The second kappa shape index (κ2) is 2.71. The highest BCUT2D eigenvalue weighted by Crippen LogP contribution is 2.48. The molecule has 3 nitrogen and oxygen atoms in total. The molecule has 0 amide bonds. The lowest BCUT2D eigenvalue weighted by molar-refractivity contribution is -0.158. The molecule has 0 bridgehead atoms. The van der Waals surface area contributed by atoms with Crippen molar-refractivity contribution in [2.75, 3.05) is 0 Å². The Morgan fingerprint density at radius 1 is 1.31 bits per heavy atom. The van der Waals surface area contributed by atoms with Crippen LogP contribution in [0.15, 0.2) is 0 Å². The van der Waals surface area contributed by atoms with E-state index in [0.29, 0.717) is 0 Å². The van der Waals surface area contributed by atoms with E-state index >= 15 is 0 Å². The largest absolute Gasteiger partial charge is 0.459 e. The fraction of sp³-hybridized carbons (Fsp3) is 0.900. The van der Waals surface area contributed by atoms with Crippen LogP contribution < -0.4 is 5.73 Å². The molecule has 0 aromatic carbocycles. The van der Waals surface area contributed by atoms with Gasteiger partial charge in [0.05, 0.1) is 0 Å². The smallest absolute Gasteiger partial charge is 0.327 e. The Morgan fingerprint density at radius 3 is 1.92 bits per heavy atom. The Morgan fingerprint density at radius 2 is 1.69 bits per heavy atom. The van der Waals surface area contributed by atoms with Crippen molar-refractivity contribution in [2.45, 2.75) is 45.8 Å². The first-order valence-corrected chi connectivity index (χ1v) is 4.72. The minimum Gasteiger partial charge on any atom is -0.459 e. The van der Waals surface area contributed by atoms with Crippen molar-refractivity contribution in [3.8, 4) is 0 Å². The quantitative estimate of drug-likeness (QED) is 0.627. The highest BCUT2D eigenvalue weighted by Gasteiger charge is 2.63. The zero-order valence-electron chi connectivity index (χ0n) is 9.05. The van der Waals surface area contributed by atoms with Crippen molar-refractivity contribution in [1.29, 1.82) is 0 Å². The minimum atomic E-state index is -0.729. The number of carbonyl (C=O) groups is 1. The van der Waals surface area contributed by atoms with E-state index in [0.717, 1.165) is 0 Å². The number of carbonyl (C=O) groups excluding carboxylic acids is 1. The third-order valence-corrected chi connectivity index (χ3v) is 2.90. The summed E-state index contributed by atoms with van der Waals surface area (Å²) < 4.78 is 5.24. The van der Waals surface area contributed by atoms with E-state index in [2.05, 4.69) is 0 Å². The molecular formula is C10H19NO2. The summed E-state index contributed by atoms with van der Waals surface area (Å²) in [6.45, 7) is 9.52. The Bertz CT molecular complexity index is 222. The summed E-state index contributed by atoms with van der Waals surface area (Å²) in [4.78, 5) is 11.6. The Balaban J connectivity index is 2.61. The predicted octanol–water partition coefficient (Wildman–Crippen LogP) is 1.31. The minimum absolute atomic E-state index is 0.238. The SMILES string of the molecule is CC1[C@@H](C)C1(N)C(=O)OC(C)(C)C. The van der Waals surface area contributed by atoms with E-state index in [9.17, 15) is 4.79 Å². The molecule has 0 spiro atoms. The number of rotatable bonds is 1. The number of hydrogen-bond acceptors (Lipinski definition) is 3. The molecule has 1 rings (SSSR count). The first-order valence-electron chi connectivity index (χ1n) is 4.72. The molecule has 2 unspecified atom stereocenters. The van der Waals surface area contributed by atoms with Gasteiger partial charge in [0.1, 0.15) is 11.1 Å². The summed E-state index contributed by atoms with van der Waals surface area (Å²) in [6, 6.07) is 0. The van der Waals surface area contributed by atoms with Crippen molar-refractivity contribution >= 4 is 5.97 Å². The van der Waals surface area contributed by atoms with Gasteiger partial charge in [0.15, 0.2) is 0 Å². The maximum atomic E-state index is 11.6. The Hall–Kier alpha value is -0.570. The highest BCUT2D eigenvalue weighted by molar-refractivity contribution is 5.85. The van der Waals surface area contributed by atoms with Crippen LogP contribution in [0.1, 0.15) is 34.6 Å². The second-order valence-corrected chi connectivity index (χ2v) is 5.01. The third-order valence-electron chi connectivity index (χ3n) is 2.90. The molecule has 0 aromatic rings. The lowest BCUT2D eigenvalue weighted by Crippen LogP contribution is -2.42. The molecular weight excluding hydrogens is 166 g/mol. The van der Waals surface area contributed by atoms with Crippen molar-refractivity contribution < 1.29 is 9.53 Å². The fourth-order valence-electron chi connectivity index (χ4n) is 1.55. The number of esters is 1. The molecule has 13 heavy (non-hydrogen) atoms. The third kappa shape index (κ3) is 1.70. The zero-order chi connectivity index (χ0) is 10.4. The van der Waals surface area contributed by atoms with Gasteiger partial charge in [-0.1, -0.05) is 13.8 Å². The van der Waals surface area contributed by atoms with E-state index < -0.39 is 11.1 Å². The predicted molar refractivity (Wildman–Crippen MR) is 51.1 cm³/mol. The topological polar surface area (TPSA) is 52.3 Å². The molecule has 3 atom stereocenters. The van der Waals surface area contributed by atoms with Crippen molar-refractivity contribution in [2.24, 2.45) is 17.6 Å². The van der Waals surface area contributed by atoms with E-state index in [-0.39, 0.29) is 17.8 Å². The van der Waals surface area contributed by atoms with Gasteiger partial charge in [0, 0.05) is 0 Å². The van der Waals surface area contributed by atoms with Crippen molar-refractivity contribution in [3.05, 3.63) is 0 Å². The number of ether oxygens (including phenoxy) is 1. The highest BCUT2D eigenvalue weighted by atomic mass is 16.6. The first kappa shape index (κ1) is 10.5. The zero-order valence-corrected chi connectivity index (χ0v) is 9.05. The molecule has 1 saturated carbocycles. The molecule has 0 saturated heterocycles. The van der Waals surface area contributed by atoms with Gasteiger partial charge in [-0.05, 0) is 32.6 Å². The summed E-state index contributed by atoms with van der Waals surface area (Å²) in [7, 11) is 0. The molecule has 1 aliphatic rings. The molecule has 1 aliphatic carbocycles. The molecule has 0 aliphatic heterocycles. The van der Waals surface area contributed by atoms with Gasteiger partial charge in [-0.25, -0.2) is 0 Å². The van der Waals surface area contributed by atoms with Crippen LogP contribution in [0.5, 0.6) is 0 Å². The van der Waals surface area contributed by atoms with E-state index in [4.69, 9.17) is 10.5 Å². The van der Waals surface area contributed by atoms with Gasteiger partial charge in [-0.3, -0.25) is 4.79 Å². The summed E-state index contributed by atoms with van der Waals surface area (Å²) in [5, 5.41) is 0. The van der Waals surface area contributed by atoms with Crippen LogP contribution in [0.25, 0.3) is 0 Å². The summed E-state index contributed by atoms with van der Waals surface area (Å²) in [6.07, 6.45) is 0. The normalized spacial score (nSPS) is 38.6. The van der Waals surface area contributed by atoms with E-state index in [1.807, 2.05) is 34.6 Å². The fourth-order valence-corrected chi connectivity index (χ4v) is 1.55. The summed E-state index contributed by atoms with van der Waals surface area (Å²) in [5.74, 6) is 0.213. The van der Waals surface area contributed by atoms with Crippen LogP contribution in [0.4, 0.5) is 0 Å². The van der Waals surface area contributed by atoms with Gasteiger partial charge in [-0.15, -0.1) is 0 Å². The molecule has 0 radical (unpaired) electrons. The van der Waals surface area contributed by atoms with Crippen LogP contribution in [0.2, 0.25) is 0 Å². The van der Waals surface area contributed by atoms with Crippen LogP contribution >= 0.6 is 0 Å². The van der Waals surface area contributed by atoms with Gasteiger partial charge in [0.2, 0.25) is 0 Å². The molecule has 2 N–H and O–H groups in total. The van der Waals surface area contributed by atoms with Gasteiger partial charge < -0.3 is 10.5 Å². The monoisotopic (exact) mass is 185 g/mol. The number of nitrogens with two attached hydrogens (primary N) is 1. The molecule has 0 heterocycles. The lowest BCUT2D eigenvalue weighted by atomic mass is 10.1. The van der Waals surface area contributed by atoms with Crippen LogP contribution in [-0.2, 0) is 9.53 Å². The molecule has 0 aromatic heterocycles. The van der Waals surface area contributed by atoms with Crippen LogP contribution in [0.3, 0.4) is 0 Å². The van der Waals surface area contributed by atoms with Crippen molar-refractivity contribution in [1.82, 2.24) is 0 Å². The van der Waals surface area contributed by atoms with Gasteiger partial charge in [0.25, 0.3) is 0 Å². The van der Waals surface area contributed by atoms with E-state index in [1.165, 1.54) is 0 Å². The summed E-state index contributed by atoms with van der Waals surface area (Å²) >= 11 is 0.